The number of fused-ring (bicyclic) bond motifs is 2. The van der Waals surface area contributed by atoms with Gasteiger partial charge in [0.1, 0.15) is 11.6 Å². The predicted molar refractivity (Wildman–Crippen MR) is 111 cm³/mol. The summed E-state index contributed by atoms with van der Waals surface area (Å²) in [6.45, 7) is 6.12. The minimum Gasteiger partial charge on any atom is -0.380 e. The number of hydrogen-bond acceptors (Lipinski definition) is 7. The van der Waals surface area contributed by atoms with E-state index in [0.717, 1.165) is 62.0 Å². The van der Waals surface area contributed by atoms with Gasteiger partial charge in [-0.15, -0.1) is 0 Å². The molecule has 8 nitrogen and oxygen atoms in total. The molecule has 1 atom stereocenters. The van der Waals surface area contributed by atoms with Crippen LogP contribution in [0.2, 0.25) is 0 Å². The number of aromatic nitrogens is 3. The second-order valence-electron chi connectivity index (χ2n) is 8.39. The first-order chi connectivity index (χ1) is 14.0. The van der Waals surface area contributed by atoms with Crippen molar-refractivity contribution in [3.8, 4) is 0 Å². The molecular weight excluding hydrogens is 368 g/mol. The molecule has 1 saturated heterocycles. The molecule has 1 saturated carbocycles. The van der Waals surface area contributed by atoms with Crippen LogP contribution in [-0.2, 0) is 14.9 Å². The van der Waals surface area contributed by atoms with Crippen LogP contribution in [0, 0.1) is 6.92 Å². The van der Waals surface area contributed by atoms with Crippen molar-refractivity contribution in [3.63, 3.8) is 0 Å². The molecule has 1 N–H and O–H groups in total. The summed E-state index contributed by atoms with van der Waals surface area (Å²) in [5.41, 5.74) is 3.46. The van der Waals surface area contributed by atoms with E-state index in [0.29, 0.717) is 5.82 Å². The number of anilines is 4. The molecule has 4 heterocycles. The minimum atomic E-state index is -0.120. The van der Waals surface area contributed by atoms with Crippen molar-refractivity contribution < 1.29 is 9.53 Å². The average Bonchev–Trinajstić information content (AvgIpc) is 3.18. The summed E-state index contributed by atoms with van der Waals surface area (Å²) in [5.74, 6) is 2.12. The van der Waals surface area contributed by atoms with Crippen LogP contribution < -0.4 is 15.1 Å². The fraction of sp³-hybridized carbons (Fsp3) is 0.524. The molecule has 2 aliphatic heterocycles. The van der Waals surface area contributed by atoms with Crippen molar-refractivity contribution in [1.82, 2.24) is 15.0 Å². The molecule has 8 heteroatoms. The first-order valence-corrected chi connectivity index (χ1v) is 10.2. The zero-order valence-electron chi connectivity index (χ0n) is 17.1. The van der Waals surface area contributed by atoms with E-state index in [9.17, 15) is 4.79 Å². The predicted octanol–water partition coefficient (Wildman–Crippen LogP) is 2.55. The summed E-state index contributed by atoms with van der Waals surface area (Å²) in [7, 11) is 1.76. The highest BCUT2D eigenvalue weighted by atomic mass is 16.5. The number of aryl methyl sites for hydroxylation is 1. The highest BCUT2D eigenvalue weighted by molar-refractivity contribution is 5.89. The zero-order chi connectivity index (χ0) is 20.2. The molecule has 2 aromatic heterocycles. The number of amides is 1. The molecule has 0 radical (unpaired) electrons. The first-order valence-electron chi connectivity index (χ1n) is 10.2. The van der Waals surface area contributed by atoms with E-state index in [1.807, 2.05) is 25.3 Å². The standard InChI is InChI=1S/C21H26N6O2/c1-13-8-19(25-20(23-13)26-7-4-15(11-26)29-3)27-12-21(5-6-21)16-10-22-18(9-17(16)27)24-14(2)28/h8-10,15H,4-7,11-12H2,1-3H3,(H,22,24,28). The normalized spacial score (nSPS) is 21.6. The van der Waals surface area contributed by atoms with Crippen LogP contribution in [0.3, 0.4) is 0 Å². The molecule has 2 fully saturated rings. The topological polar surface area (TPSA) is 83.5 Å². The second-order valence-corrected chi connectivity index (χ2v) is 8.39. The maximum atomic E-state index is 11.5. The number of pyridine rings is 1. The summed E-state index contributed by atoms with van der Waals surface area (Å²) < 4.78 is 5.50. The van der Waals surface area contributed by atoms with E-state index >= 15 is 0 Å². The Hall–Kier alpha value is -2.74. The minimum absolute atomic E-state index is 0.120. The van der Waals surface area contributed by atoms with Gasteiger partial charge in [0.2, 0.25) is 11.9 Å². The van der Waals surface area contributed by atoms with Crippen LogP contribution in [0.1, 0.15) is 37.4 Å². The Kier molecular flexibility index (Phi) is 4.20. The van der Waals surface area contributed by atoms with Crippen molar-refractivity contribution >= 4 is 29.2 Å². The Morgan fingerprint density at radius 1 is 1.31 bits per heavy atom. The summed E-state index contributed by atoms with van der Waals surface area (Å²) in [6.07, 6.45) is 5.47. The highest BCUT2D eigenvalue weighted by Gasteiger charge is 2.52. The highest BCUT2D eigenvalue weighted by Crippen LogP contribution is 2.58. The van der Waals surface area contributed by atoms with Gasteiger partial charge in [-0.2, -0.15) is 4.98 Å². The molecule has 5 rings (SSSR count). The van der Waals surface area contributed by atoms with Crippen LogP contribution in [0.5, 0.6) is 0 Å². The van der Waals surface area contributed by atoms with Crippen molar-refractivity contribution in [3.05, 3.63) is 29.6 Å². The van der Waals surface area contributed by atoms with Crippen LogP contribution in [0.15, 0.2) is 18.3 Å². The lowest BCUT2D eigenvalue weighted by molar-refractivity contribution is -0.114. The van der Waals surface area contributed by atoms with Gasteiger partial charge in [-0.05, 0) is 26.2 Å². The molecular formula is C21H26N6O2. The number of nitrogens with one attached hydrogen (secondary N) is 1. The number of hydrogen-bond donors (Lipinski definition) is 1. The number of rotatable bonds is 4. The van der Waals surface area contributed by atoms with Gasteiger partial charge >= 0.3 is 0 Å². The Labute approximate surface area is 170 Å². The van der Waals surface area contributed by atoms with Gasteiger partial charge in [-0.3, -0.25) is 4.79 Å². The Bertz CT molecular complexity index is 974. The van der Waals surface area contributed by atoms with Crippen LogP contribution in [0.25, 0.3) is 0 Å². The van der Waals surface area contributed by atoms with Gasteiger partial charge in [0, 0.05) is 68.7 Å². The van der Waals surface area contributed by atoms with Crippen molar-refractivity contribution in [2.24, 2.45) is 0 Å². The maximum Gasteiger partial charge on any atom is 0.227 e. The van der Waals surface area contributed by atoms with Gasteiger partial charge in [0.05, 0.1) is 11.8 Å². The van der Waals surface area contributed by atoms with Gasteiger partial charge in [0.15, 0.2) is 0 Å². The first kappa shape index (κ1) is 18.3. The van der Waals surface area contributed by atoms with Crippen molar-refractivity contribution in [1.29, 1.82) is 0 Å². The summed E-state index contributed by atoms with van der Waals surface area (Å²) in [4.78, 5) is 30.0. The molecule has 3 aliphatic rings. The Morgan fingerprint density at radius 3 is 2.83 bits per heavy atom. The number of ether oxygens (including phenoxy) is 1. The number of carbonyl (C=O) groups excluding carboxylic acids is 1. The molecule has 1 amide bonds. The van der Waals surface area contributed by atoms with E-state index in [2.05, 4.69) is 25.1 Å². The molecule has 1 spiro atoms. The third-order valence-electron chi connectivity index (χ3n) is 6.23. The lowest BCUT2D eigenvalue weighted by Gasteiger charge is -2.23. The van der Waals surface area contributed by atoms with Crippen LogP contribution in [0.4, 0.5) is 23.3 Å². The summed E-state index contributed by atoms with van der Waals surface area (Å²) in [6, 6.07) is 4.01. The Morgan fingerprint density at radius 2 is 2.14 bits per heavy atom. The summed E-state index contributed by atoms with van der Waals surface area (Å²) >= 11 is 0. The van der Waals surface area contributed by atoms with E-state index in [1.165, 1.54) is 12.5 Å². The lowest BCUT2D eigenvalue weighted by atomic mass is 10.0. The lowest BCUT2D eigenvalue weighted by Crippen LogP contribution is -2.26. The maximum absolute atomic E-state index is 11.5. The van der Waals surface area contributed by atoms with Gasteiger partial charge < -0.3 is 19.9 Å². The van der Waals surface area contributed by atoms with Crippen LogP contribution in [-0.4, -0.2) is 53.7 Å². The zero-order valence-corrected chi connectivity index (χ0v) is 17.1. The fourth-order valence-corrected chi connectivity index (χ4v) is 4.50. The van der Waals surface area contributed by atoms with Crippen molar-refractivity contribution in [2.75, 3.05) is 41.9 Å². The van der Waals surface area contributed by atoms with E-state index in [4.69, 9.17) is 9.72 Å². The van der Waals surface area contributed by atoms with E-state index in [-0.39, 0.29) is 17.4 Å². The number of carbonyl (C=O) groups is 1. The molecule has 0 bridgehead atoms. The van der Waals surface area contributed by atoms with Crippen LogP contribution >= 0.6 is 0 Å². The Balaban J connectivity index is 1.51. The average molecular weight is 394 g/mol. The van der Waals surface area contributed by atoms with E-state index < -0.39 is 0 Å². The number of methoxy groups -OCH3 is 1. The number of nitrogens with zero attached hydrogens (tertiary/aromatic N) is 5. The molecule has 1 unspecified atom stereocenters. The van der Waals surface area contributed by atoms with E-state index in [1.54, 1.807) is 7.11 Å². The molecule has 29 heavy (non-hydrogen) atoms. The summed E-state index contributed by atoms with van der Waals surface area (Å²) in [5, 5.41) is 2.80. The molecule has 1 aliphatic carbocycles. The second kappa shape index (κ2) is 6.66. The fourth-order valence-electron chi connectivity index (χ4n) is 4.50. The quantitative estimate of drug-likeness (QED) is 0.853. The van der Waals surface area contributed by atoms with Gasteiger partial charge in [-0.25, -0.2) is 9.97 Å². The van der Waals surface area contributed by atoms with Crippen molar-refractivity contribution in [2.45, 2.75) is 44.6 Å². The van der Waals surface area contributed by atoms with Gasteiger partial charge in [-0.1, -0.05) is 0 Å². The molecule has 152 valence electrons. The third kappa shape index (κ3) is 3.21. The largest absolute Gasteiger partial charge is 0.380 e. The van der Waals surface area contributed by atoms with Gasteiger partial charge in [0.25, 0.3) is 0 Å². The smallest absolute Gasteiger partial charge is 0.227 e. The molecule has 0 aromatic carbocycles. The monoisotopic (exact) mass is 394 g/mol. The SMILES string of the molecule is COC1CCN(c2nc(C)cc(N3CC4(CC4)c4cnc(NC(C)=O)cc43)n2)C1. The third-order valence-corrected chi connectivity index (χ3v) is 6.23. The molecule has 2 aromatic rings.